The third-order valence-electron chi connectivity index (χ3n) is 3.68. The zero-order chi connectivity index (χ0) is 18.0. The Morgan fingerprint density at radius 2 is 1.68 bits per heavy atom. The molecular weight excluding hydrogens is 322 g/mol. The van der Waals surface area contributed by atoms with E-state index in [4.69, 9.17) is 10.3 Å². The van der Waals surface area contributed by atoms with E-state index >= 15 is 0 Å². The lowest BCUT2D eigenvalue weighted by molar-refractivity contribution is 0.0994. The van der Waals surface area contributed by atoms with Crippen LogP contribution in [0.2, 0.25) is 0 Å². The van der Waals surface area contributed by atoms with E-state index in [1.54, 1.807) is 36.4 Å². The summed E-state index contributed by atoms with van der Waals surface area (Å²) in [7, 11) is 1.49. The van der Waals surface area contributed by atoms with Crippen molar-refractivity contribution in [3.05, 3.63) is 76.3 Å². The predicted molar refractivity (Wildman–Crippen MR) is 92.3 cm³/mol. The summed E-state index contributed by atoms with van der Waals surface area (Å²) in [5, 5.41) is 2.68. The molecule has 0 radical (unpaired) electrons. The fourth-order valence-electron chi connectivity index (χ4n) is 2.49. The van der Waals surface area contributed by atoms with E-state index in [1.165, 1.54) is 19.2 Å². The van der Waals surface area contributed by atoms with Crippen LogP contribution in [0.25, 0.3) is 11.1 Å². The summed E-state index contributed by atoms with van der Waals surface area (Å²) in [6.45, 7) is 0. The summed E-state index contributed by atoms with van der Waals surface area (Å²) in [6, 6.07) is 14.9. The van der Waals surface area contributed by atoms with Crippen molar-refractivity contribution in [1.29, 1.82) is 0 Å². The molecular formula is C18H15N3O4. The first kappa shape index (κ1) is 16.3. The van der Waals surface area contributed by atoms with Crippen molar-refractivity contribution in [2.45, 2.75) is 0 Å². The molecule has 0 spiro atoms. The highest BCUT2D eigenvalue weighted by molar-refractivity contribution is 6.07. The molecule has 0 bridgehead atoms. The molecule has 2 aromatic carbocycles. The fraction of sp³-hybridized carbons (Fsp3) is 0.0556. The number of aryl methyl sites for hydroxylation is 1. The normalized spacial score (nSPS) is 10.4. The highest BCUT2D eigenvalue weighted by atomic mass is 16.5. The van der Waals surface area contributed by atoms with Crippen LogP contribution in [0, 0.1) is 0 Å². The summed E-state index contributed by atoms with van der Waals surface area (Å²) in [6.07, 6.45) is 0. The number of benzene rings is 2. The number of aromatic nitrogens is 1. The van der Waals surface area contributed by atoms with Crippen molar-refractivity contribution in [1.82, 2.24) is 4.74 Å². The van der Waals surface area contributed by atoms with Crippen LogP contribution in [-0.4, -0.2) is 16.6 Å². The average molecular weight is 337 g/mol. The van der Waals surface area contributed by atoms with Gasteiger partial charge in [0.1, 0.15) is 5.56 Å². The lowest BCUT2D eigenvalue weighted by atomic mass is 10.1. The van der Waals surface area contributed by atoms with Crippen LogP contribution in [0.15, 0.2) is 63.9 Å². The van der Waals surface area contributed by atoms with E-state index in [9.17, 15) is 14.4 Å². The Balaban J connectivity index is 1.95. The third kappa shape index (κ3) is 3.20. The number of hydrogen-bond acceptors (Lipinski definition) is 4. The minimum atomic E-state index is -0.595. The van der Waals surface area contributed by atoms with E-state index in [0.717, 1.165) is 4.74 Å². The predicted octanol–water partition coefficient (Wildman–Crippen LogP) is 2.00. The SMILES string of the molecule is Cn1oc(=O)c(-c2ccccc2)c1C(=O)Nc1ccc(C(N)=O)cc1. The molecule has 1 heterocycles. The third-order valence-corrected chi connectivity index (χ3v) is 3.68. The van der Waals surface area contributed by atoms with Crippen LogP contribution in [0.1, 0.15) is 20.8 Å². The van der Waals surface area contributed by atoms with Crippen LogP contribution in [0.4, 0.5) is 5.69 Å². The van der Waals surface area contributed by atoms with E-state index in [0.29, 0.717) is 16.8 Å². The van der Waals surface area contributed by atoms with Gasteiger partial charge in [0.2, 0.25) is 5.91 Å². The molecule has 3 rings (SSSR count). The molecule has 3 N–H and O–H groups in total. The van der Waals surface area contributed by atoms with E-state index in [-0.39, 0.29) is 11.3 Å². The van der Waals surface area contributed by atoms with E-state index in [1.807, 2.05) is 6.07 Å². The summed E-state index contributed by atoms with van der Waals surface area (Å²) in [4.78, 5) is 35.8. The van der Waals surface area contributed by atoms with Crippen molar-refractivity contribution in [3.63, 3.8) is 0 Å². The van der Waals surface area contributed by atoms with Gasteiger partial charge in [-0.2, -0.15) is 0 Å². The van der Waals surface area contributed by atoms with Crippen molar-refractivity contribution >= 4 is 17.5 Å². The smallest absolute Gasteiger partial charge is 0.366 e. The maximum atomic E-state index is 12.6. The molecule has 2 amide bonds. The first-order valence-electron chi connectivity index (χ1n) is 7.44. The Bertz CT molecular complexity index is 985. The molecule has 0 atom stereocenters. The van der Waals surface area contributed by atoms with Crippen LogP contribution in [0.3, 0.4) is 0 Å². The number of amides is 2. The average Bonchev–Trinajstić information content (AvgIpc) is 2.90. The maximum Gasteiger partial charge on any atom is 0.366 e. The van der Waals surface area contributed by atoms with Crippen molar-refractivity contribution in [2.75, 3.05) is 5.32 Å². The molecule has 0 fully saturated rings. The fourth-order valence-corrected chi connectivity index (χ4v) is 2.49. The van der Waals surface area contributed by atoms with Crippen LogP contribution < -0.4 is 16.7 Å². The van der Waals surface area contributed by atoms with Gasteiger partial charge in [-0.15, -0.1) is 0 Å². The zero-order valence-corrected chi connectivity index (χ0v) is 13.4. The van der Waals surface area contributed by atoms with Gasteiger partial charge in [0.15, 0.2) is 5.69 Å². The van der Waals surface area contributed by atoms with Crippen LogP contribution in [0.5, 0.6) is 0 Å². The maximum absolute atomic E-state index is 12.6. The van der Waals surface area contributed by atoms with Gasteiger partial charge >= 0.3 is 5.63 Å². The van der Waals surface area contributed by atoms with E-state index < -0.39 is 17.4 Å². The van der Waals surface area contributed by atoms with Gasteiger partial charge in [0.05, 0.1) is 0 Å². The van der Waals surface area contributed by atoms with Crippen molar-refractivity contribution in [3.8, 4) is 11.1 Å². The van der Waals surface area contributed by atoms with Gasteiger partial charge in [-0.3, -0.25) is 9.59 Å². The lowest BCUT2D eigenvalue weighted by Crippen LogP contribution is -2.17. The lowest BCUT2D eigenvalue weighted by Gasteiger charge is -2.07. The van der Waals surface area contributed by atoms with Crippen molar-refractivity contribution < 1.29 is 14.1 Å². The number of hydrogen-bond donors (Lipinski definition) is 2. The highest BCUT2D eigenvalue weighted by Gasteiger charge is 2.23. The zero-order valence-electron chi connectivity index (χ0n) is 13.4. The van der Waals surface area contributed by atoms with Gasteiger partial charge in [-0.25, -0.2) is 9.53 Å². The molecule has 0 saturated carbocycles. The second kappa shape index (κ2) is 6.48. The molecule has 0 aliphatic carbocycles. The minimum absolute atomic E-state index is 0.107. The molecule has 1 aromatic heterocycles. The van der Waals surface area contributed by atoms with Gasteiger partial charge < -0.3 is 15.6 Å². The largest absolute Gasteiger partial charge is 0.366 e. The topological polar surface area (TPSA) is 107 Å². The number of primary amides is 1. The standard InChI is InChI=1S/C18H15N3O4/c1-21-15(14(18(24)25-21)11-5-3-2-4-6-11)17(23)20-13-9-7-12(8-10-13)16(19)22/h2-10H,1H3,(H2,19,22)(H,20,23). The monoisotopic (exact) mass is 337 g/mol. The number of carbonyl (C=O) groups is 2. The number of nitrogens with one attached hydrogen (secondary N) is 1. The molecule has 7 nitrogen and oxygen atoms in total. The van der Waals surface area contributed by atoms with Crippen LogP contribution in [-0.2, 0) is 7.05 Å². The molecule has 0 unspecified atom stereocenters. The summed E-state index contributed by atoms with van der Waals surface area (Å²) in [5.74, 6) is -1.06. The Kier molecular flexibility index (Phi) is 4.21. The minimum Gasteiger partial charge on any atom is -0.366 e. The first-order chi connectivity index (χ1) is 12.0. The molecule has 0 aliphatic rings. The van der Waals surface area contributed by atoms with Gasteiger partial charge in [-0.1, -0.05) is 30.3 Å². The molecule has 126 valence electrons. The van der Waals surface area contributed by atoms with E-state index in [2.05, 4.69) is 5.32 Å². The van der Waals surface area contributed by atoms with Crippen molar-refractivity contribution in [2.24, 2.45) is 12.8 Å². The Labute approximate surface area is 142 Å². The van der Waals surface area contributed by atoms with Gasteiger partial charge in [0, 0.05) is 18.3 Å². The summed E-state index contributed by atoms with van der Waals surface area (Å²) in [5.41, 5.74) is 6.27. The second-order valence-electron chi connectivity index (χ2n) is 5.36. The highest BCUT2D eigenvalue weighted by Crippen LogP contribution is 2.21. The number of anilines is 1. The molecule has 0 saturated heterocycles. The summed E-state index contributed by atoms with van der Waals surface area (Å²) < 4.78 is 6.19. The number of nitrogens with two attached hydrogens (primary N) is 1. The molecule has 25 heavy (non-hydrogen) atoms. The summed E-state index contributed by atoms with van der Waals surface area (Å²) >= 11 is 0. The number of nitrogens with zero attached hydrogens (tertiary/aromatic N) is 1. The van der Waals surface area contributed by atoms with Crippen LogP contribution >= 0.6 is 0 Å². The molecule has 7 heteroatoms. The van der Waals surface area contributed by atoms with Gasteiger partial charge in [-0.05, 0) is 29.8 Å². The second-order valence-corrected chi connectivity index (χ2v) is 5.36. The number of rotatable bonds is 4. The Morgan fingerprint density at radius 3 is 2.28 bits per heavy atom. The van der Waals surface area contributed by atoms with Gasteiger partial charge in [0.25, 0.3) is 5.91 Å². The first-order valence-corrected chi connectivity index (χ1v) is 7.44. The molecule has 3 aromatic rings. The number of carbonyl (C=O) groups excluding carboxylic acids is 2. The molecule has 0 aliphatic heterocycles. The Morgan fingerprint density at radius 1 is 1.04 bits per heavy atom. The quantitative estimate of drug-likeness (QED) is 0.759. The Hall–Kier alpha value is -3.61.